The standard InChI is InChI=1S/C23H35N3O4S/c1-14(2)19(24)21(28)26-17-10-8-7-9-15(17)13-18(26)20(27)25-16(11-12-31-6)22(29)30-23(3,4)5/h7-10,14,16,18-19H,11-13,24H2,1-6H3,(H,25,27)/t16-,18+,19-/m0/s1. The number of nitrogens with zero attached hydrogens (tertiary/aromatic N) is 1. The minimum absolute atomic E-state index is 0.0694. The quantitative estimate of drug-likeness (QED) is 0.592. The molecule has 0 bridgehead atoms. The van der Waals surface area contributed by atoms with Crippen LogP contribution in [0.4, 0.5) is 5.69 Å². The molecule has 0 fully saturated rings. The van der Waals surface area contributed by atoms with Crippen LogP contribution in [0.15, 0.2) is 24.3 Å². The first-order chi connectivity index (χ1) is 14.5. The average Bonchev–Trinajstić information content (AvgIpc) is 3.08. The molecule has 1 aromatic rings. The van der Waals surface area contributed by atoms with Crippen molar-refractivity contribution in [3.8, 4) is 0 Å². The van der Waals surface area contributed by atoms with Crippen LogP contribution >= 0.6 is 11.8 Å². The fourth-order valence-electron chi connectivity index (χ4n) is 3.44. The van der Waals surface area contributed by atoms with Crippen molar-refractivity contribution in [3.63, 3.8) is 0 Å². The molecule has 31 heavy (non-hydrogen) atoms. The maximum absolute atomic E-state index is 13.3. The predicted octanol–water partition coefficient (Wildman–Crippen LogP) is 2.51. The fourth-order valence-corrected chi connectivity index (χ4v) is 3.91. The second kappa shape index (κ2) is 10.5. The summed E-state index contributed by atoms with van der Waals surface area (Å²) in [4.78, 5) is 40.7. The summed E-state index contributed by atoms with van der Waals surface area (Å²) < 4.78 is 5.50. The number of hydrogen-bond donors (Lipinski definition) is 2. The van der Waals surface area contributed by atoms with Crippen LogP contribution in [0.1, 0.15) is 46.6 Å². The summed E-state index contributed by atoms with van der Waals surface area (Å²) >= 11 is 1.59. The fraction of sp³-hybridized carbons (Fsp3) is 0.609. The summed E-state index contributed by atoms with van der Waals surface area (Å²) in [7, 11) is 0. The lowest BCUT2D eigenvalue weighted by atomic mass is 10.0. The molecule has 2 amide bonds. The van der Waals surface area contributed by atoms with Crippen LogP contribution in [0, 0.1) is 5.92 Å². The van der Waals surface area contributed by atoms with Gasteiger partial charge in [0.1, 0.15) is 17.7 Å². The van der Waals surface area contributed by atoms with Crippen LogP contribution in [-0.4, -0.2) is 53.5 Å². The van der Waals surface area contributed by atoms with Crippen LogP contribution < -0.4 is 16.0 Å². The van der Waals surface area contributed by atoms with Gasteiger partial charge in [-0.05, 0) is 56.7 Å². The highest BCUT2D eigenvalue weighted by Gasteiger charge is 2.41. The molecule has 0 aliphatic carbocycles. The third kappa shape index (κ3) is 6.46. The summed E-state index contributed by atoms with van der Waals surface area (Å²) in [6.45, 7) is 9.13. The monoisotopic (exact) mass is 449 g/mol. The van der Waals surface area contributed by atoms with Crippen molar-refractivity contribution < 1.29 is 19.1 Å². The van der Waals surface area contributed by atoms with Crippen molar-refractivity contribution in [1.82, 2.24) is 5.32 Å². The molecule has 0 spiro atoms. The van der Waals surface area contributed by atoms with E-state index in [9.17, 15) is 14.4 Å². The van der Waals surface area contributed by atoms with Crippen LogP contribution in [0.3, 0.4) is 0 Å². The summed E-state index contributed by atoms with van der Waals surface area (Å²) in [5.74, 6) is -0.520. The molecule has 0 saturated heterocycles. The highest BCUT2D eigenvalue weighted by Crippen LogP contribution is 2.33. The number of para-hydroxylation sites is 1. The normalized spacial score (nSPS) is 17.8. The van der Waals surface area contributed by atoms with Crippen LogP contribution in [0.5, 0.6) is 0 Å². The second-order valence-electron chi connectivity index (χ2n) is 9.20. The van der Waals surface area contributed by atoms with E-state index < -0.39 is 29.7 Å². The first-order valence-electron chi connectivity index (χ1n) is 10.6. The lowest BCUT2D eigenvalue weighted by Gasteiger charge is -2.30. The Labute approximate surface area is 189 Å². The molecule has 1 aromatic carbocycles. The number of rotatable bonds is 8. The van der Waals surface area contributed by atoms with Crippen molar-refractivity contribution in [2.24, 2.45) is 11.7 Å². The predicted molar refractivity (Wildman–Crippen MR) is 125 cm³/mol. The molecule has 172 valence electrons. The number of carbonyl (C=O) groups is 3. The zero-order chi connectivity index (χ0) is 23.3. The Kier molecular flexibility index (Phi) is 8.54. The van der Waals surface area contributed by atoms with Crippen LogP contribution in [-0.2, 0) is 25.5 Å². The Morgan fingerprint density at radius 1 is 1.26 bits per heavy atom. The van der Waals surface area contributed by atoms with E-state index in [1.807, 2.05) is 44.4 Å². The van der Waals surface area contributed by atoms with E-state index in [0.29, 0.717) is 24.3 Å². The first-order valence-corrected chi connectivity index (χ1v) is 12.0. The highest BCUT2D eigenvalue weighted by molar-refractivity contribution is 7.98. The third-order valence-corrected chi connectivity index (χ3v) is 5.78. The van der Waals surface area contributed by atoms with Gasteiger partial charge in [0, 0.05) is 12.1 Å². The number of carbonyl (C=O) groups excluding carboxylic acids is 3. The van der Waals surface area contributed by atoms with Gasteiger partial charge in [-0.2, -0.15) is 11.8 Å². The van der Waals surface area contributed by atoms with E-state index >= 15 is 0 Å². The molecule has 0 saturated carbocycles. The summed E-state index contributed by atoms with van der Waals surface area (Å²) in [6, 6.07) is 5.19. The van der Waals surface area contributed by atoms with Gasteiger partial charge in [-0.25, -0.2) is 4.79 Å². The molecule has 2 rings (SSSR count). The molecule has 0 unspecified atom stereocenters. The summed E-state index contributed by atoms with van der Waals surface area (Å²) in [5, 5.41) is 2.84. The summed E-state index contributed by atoms with van der Waals surface area (Å²) in [5.41, 5.74) is 7.09. The summed E-state index contributed by atoms with van der Waals surface area (Å²) in [6.07, 6.45) is 2.76. The lowest BCUT2D eigenvalue weighted by Crippen LogP contribution is -2.56. The molecule has 3 N–H and O–H groups in total. The number of ether oxygens (including phenoxy) is 1. The highest BCUT2D eigenvalue weighted by atomic mass is 32.2. The number of benzene rings is 1. The number of fused-ring (bicyclic) bond motifs is 1. The number of esters is 1. The Balaban J connectivity index is 2.27. The lowest BCUT2D eigenvalue weighted by molar-refractivity contribution is -0.158. The zero-order valence-corrected chi connectivity index (χ0v) is 20.1. The molecule has 0 aromatic heterocycles. The molecule has 8 heteroatoms. The molecular weight excluding hydrogens is 414 g/mol. The number of nitrogens with one attached hydrogen (secondary N) is 1. The largest absolute Gasteiger partial charge is 0.458 e. The maximum atomic E-state index is 13.3. The van der Waals surface area contributed by atoms with Crippen LogP contribution in [0.2, 0.25) is 0 Å². The minimum Gasteiger partial charge on any atom is -0.458 e. The Morgan fingerprint density at radius 2 is 1.90 bits per heavy atom. The van der Waals surface area contributed by atoms with E-state index in [1.54, 1.807) is 32.5 Å². The first kappa shape index (κ1) is 25.2. The van der Waals surface area contributed by atoms with E-state index in [0.717, 1.165) is 5.56 Å². The molecular formula is C23H35N3O4S. The average molecular weight is 450 g/mol. The van der Waals surface area contributed by atoms with Gasteiger partial charge in [0.25, 0.3) is 0 Å². The van der Waals surface area contributed by atoms with Crippen molar-refractivity contribution in [3.05, 3.63) is 29.8 Å². The van der Waals surface area contributed by atoms with Gasteiger partial charge in [-0.15, -0.1) is 0 Å². The molecule has 0 radical (unpaired) electrons. The molecule has 1 aliphatic heterocycles. The van der Waals surface area contributed by atoms with Crippen molar-refractivity contribution in [2.75, 3.05) is 16.9 Å². The van der Waals surface area contributed by atoms with Gasteiger partial charge in [-0.1, -0.05) is 32.0 Å². The van der Waals surface area contributed by atoms with E-state index in [2.05, 4.69) is 5.32 Å². The molecule has 1 aliphatic rings. The number of anilines is 1. The molecule has 3 atom stereocenters. The minimum atomic E-state index is -0.779. The maximum Gasteiger partial charge on any atom is 0.329 e. The number of nitrogens with two attached hydrogens (primary N) is 1. The van der Waals surface area contributed by atoms with Gasteiger partial charge in [0.15, 0.2) is 0 Å². The SMILES string of the molecule is CSCC[C@H](NC(=O)[C@H]1Cc2ccccc2N1C(=O)[C@@H](N)C(C)C)C(=O)OC(C)(C)C. The van der Waals surface area contributed by atoms with Gasteiger partial charge in [-0.3, -0.25) is 14.5 Å². The second-order valence-corrected chi connectivity index (χ2v) is 10.2. The Bertz CT molecular complexity index is 806. The van der Waals surface area contributed by atoms with Gasteiger partial charge < -0.3 is 15.8 Å². The number of thioether (sulfide) groups is 1. The molecule has 7 nitrogen and oxygen atoms in total. The van der Waals surface area contributed by atoms with Gasteiger partial charge in [0.2, 0.25) is 11.8 Å². The van der Waals surface area contributed by atoms with Crippen molar-refractivity contribution >= 4 is 35.2 Å². The van der Waals surface area contributed by atoms with Crippen molar-refractivity contribution in [1.29, 1.82) is 0 Å². The number of hydrogen-bond acceptors (Lipinski definition) is 6. The Morgan fingerprint density at radius 3 is 2.48 bits per heavy atom. The zero-order valence-electron chi connectivity index (χ0n) is 19.3. The van der Waals surface area contributed by atoms with Gasteiger partial charge in [0.05, 0.1) is 6.04 Å². The van der Waals surface area contributed by atoms with E-state index in [4.69, 9.17) is 10.5 Å². The molecule has 1 heterocycles. The van der Waals surface area contributed by atoms with Gasteiger partial charge >= 0.3 is 5.97 Å². The van der Waals surface area contributed by atoms with E-state index in [1.165, 1.54) is 4.90 Å². The smallest absolute Gasteiger partial charge is 0.329 e. The number of amides is 2. The van der Waals surface area contributed by atoms with Crippen LogP contribution in [0.25, 0.3) is 0 Å². The van der Waals surface area contributed by atoms with E-state index in [-0.39, 0.29) is 17.7 Å². The topological polar surface area (TPSA) is 102 Å². The Hall–Kier alpha value is -2.06. The van der Waals surface area contributed by atoms with Crippen molar-refractivity contribution in [2.45, 2.75) is 71.2 Å². The third-order valence-electron chi connectivity index (χ3n) is 5.14.